The molecular formula is C18H19NO2. The quantitative estimate of drug-likeness (QED) is 0.862. The van der Waals surface area contributed by atoms with Crippen LogP contribution < -0.4 is 5.32 Å². The molecule has 0 heterocycles. The van der Waals surface area contributed by atoms with Crippen LogP contribution in [0.3, 0.4) is 0 Å². The minimum Gasteiger partial charge on any atom is -0.462 e. The van der Waals surface area contributed by atoms with E-state index < -0.39 is 0 Å². The molecular weight excluding hydrogens is 262 g/mol. The van der Waals surface area contributed by atoms with Crippen LogP contribution in [0.4, 0.5) is 5.69 Å². The van der Waals surface area contributed by atoms with E-state index in [0.717, 1.165) is 18.5 Å². The second kappa shape index (κ2) is 6.00. The summed E-state index contributed by atoms with van der Waals surface area (Å²) in [7, 11) is 0. The molecule has 0 aliphatic heterocycles. The molecule has 3 nitrogen and oxygen atoms in total. The van der Waals surface area contributed by atoms with Crippen LogP contribution in [0.1, 0.15) is 40.9 Å². The number of anilines is 1. The first-order valence-corrected chi connectivity index (χ1v) is 7.39. The lowest BCUT2D eigenvalue weighted by Crippen LogP contribution is -2.09. The number of nitrogens with one attached hydrogen (secondary N) is 1. The SMILES string of the molecule is CCOC(=O)c1cccc(NC2CCc3ccccc32)c1. The predicted molar refractivity (Wildman–Crippen MR) is 83.5 cm³/mol. The van der Waals surface area contributed by atoms with Crippen molar-refractivity contribution in [1.82, 2.24) is 0 Å². The van der Waals surface area contributed by atoms with Crippen LogP contribution >= 0.6 is 0 Å². The van der Waals surface area contributed by atoms with Crippen LogP contribution in [-0.4, -0.2) is 12.6 Å². The first-order valence-electron chi connectivity index (χ1n) is 7.39. The highest BCUT2D eigenvalue weighted by Gasteiger charge is 2.21. The zero-order valence-electron chi connectivity index (χ0n) is 12.1. The van der Waals surface area contributed by atoms with Gasteiger partial charge in [0.15, 0.2) is 0 Å². The molecule has 1 N–H and O–H groups in total. The molecule has 0 spiro atoms. The molecule has 1 aliphatic rings. The molecule has 0 saturated heterocycles. The molecule has 3 heteroatoms. The fraction of sp³-hybridized carbons (Fsp3) is 0.278. The average molecular weight is 281 g/mol. The van der Waals surface area contributed by atoms with Crippen molar-refractivity contribution in [2.75, 3.05) is 11.9 Å². The van der Waals surface area contributed by atoms with Crippen molar-refractivity contribution in [1.29, 1.82) is 0 Å². The fourth-order valence-corrected chi connectivity index (χ4v) is 2.86. The van der Waals surface area contributed by atoms with Gasteiger partial charge in [0.05, 0.1) is 18.2 Å². The van der Waals surface area contributed by atoms with Gasteiger partial charge in [-0.25, -0.2) is 4.79 Å². The van der Waals surface area contributed by atoms with Gasteiger partial charge >= 0.3 is 5.97 Å². The molecule has 2 aromatic rings. The van der Waals surface area contributed by atoms with E-state index in [0.29, 0.717) is 18.2 Å². The summed E-state index contributed by atoms with van der Waals surface area (Å²) in [6.45, 7) is 2.21. The molecule has 21 heavy (non-hydrogen) atoms. The number of esters is 1. The van der Waals surface area contributed by atoms with Crippen LogP contribution in [0, 0.1) is 0 Å². The van der Waals surface area contributed by atoms with E-state index in [-0.39, 0.29) is 5.97 Å². The Hall–Kier alpha value is -2.29. The fourth-order valence-electron chi connectivity index (χ4n) is 2.86. The highest BCUT2D eigenvalue weighted by Crippen LogP contribution is 2.33. The van der Waals surface area contributed by atoms with Crippen molar-refractivity contribution in [2.24, 2.45) is 0 Å². The Kier molecular flexibility index (Phi) is 3.91. The summed E-state index contributed by atoms with van der Waals surface area (Å²) >= 11 is 0. The van der Waals surface area contributed by atoms with Crippen LogP contribution in [0.2, 0.25) is 0 Å². The number of aryl methyl sites for hydroxylation is 1. The lowest BCUT2D eigenvalue weighted by Gasteiger charge is -2.16. The molecule has 1 atom stereocenters. The van der Waals surface area contributed by atoms with Crippen LogP contribution in [0.15, 0.2) is 48.5 Å². The number of carbonyl (C=O) groups is 1. The number of benzene rings is 2. The Bertz CT molecular complexity index is 651. The van der Waals surface area contributed by atoms with Crippen LogP contribution in [0.5, 0.6) is 0 Å². The lowest BCUT2D eigenvalue weighted by atomic mass is 10.1. The van der Waals surface area contributed by atoms with E-state index in [9.17, 15) is 4.79 Å². The Labute approximate surface area is 124 Å². The van der Waals surface area contributed by atoms with E-state index in [4.69, 9.17) is 4.74 Å². The monoisotopic (exact) mass is 281 g/mol. The molecule has 0 saturated carbocycles. The molecule has 1 unspecified atom stereocenters. The normalized spacial score (nSPS) is 16.3. The number of fused-ring (bicyclic) bond motifs is 1. The van der Waals surface area contributed by atoms with Gasteiger partial charge in [0.1, 0.15) is 0 Å². The van der Waals surface area contributed by atoms with Gasteiger partial charge in [-0.05, 0) is 49.1 Å². The van der Waals surface area contributed by atoms with Crippen molar-refractivity contribution in [3.8, 4) is 0 Å². The highest BCUT2D eigenvalue weighted by atomic mass is 16.5. The number of hydrogen-bond donors (Lipinski definition) is 1. The van der Waals surface area contributed by atoms with Gasteiger partial charge in [0, 0.05) is 5.69 Å². The smallest absolute Gasteiger partial charge is 0.338 e. The van der Waals surface area contributed by atoms with E-state index in [1.165, 1.54) is 11.1 Å². The molecule has 0 fully saturated rings. The van der Waals surface area contributed by atoms with Crippen molar-refractivity contribution in [3.63, 3.8) is 0 Å². The molecule has 0 amide bonds. The first kappa shape index (κ1) is 13.7. The summed E-state index contributed by atoms with van der Waals surface area (Å²) in [5.41, 5.74) is 4.32. The molecule has 108 valence electrons. The molecule has 3 rings (SSSR count). The topological polar surface area (TPSA) is 38.3 Å². The zero-order chi connectivity index (χ0) is 14.7. The third-order valence-electron chi connectivity index (χ3n) is 3.85. The summed E-state index contributed by atoms with van der Waals surface area (Å²) in [5, 5.41) is 3.53. The van der Waals surface area contributed by atoms with Gasteiger partial charge in [-0.3, -0.25) is 0 Å². The number of hydrogen-bond acceptors (Lipinski definition) is 3. The lowest BCUT2D eigenvalue weighted by molar-refractivity contribution is 0.0526. The Balaban J connectivity index is 1.77. The standard InChI is InChI=1S/C18H19NO2/c1-2-21-18(20)14-7-5-8-15(12-14)19-17-11-10-13-6-3-4-9-16(13)17/h3-9,12,17,19H,2,10-11H2,1H3. The van der Waals surface area contributed by atoms with Gasteiger partial charge in [-0.15, -0.1) is 0 Å². The minimum absolute atomic E-state index is 0.270. The second-order valence-electron chi connectivity index (χ2n) is 5.24. The van der Waals surface area contributed by atoms with E-state index in [2.05, 4.69) is 29.6 Å². The van der Waals surface area contributed by atoms with Gasteiger partial charge < -0.3 is 10.1 Å². The Morgan fingerprint density at radius 2 is 2.10 bits per heavy atom. The third-order valence-corrected chi connectivity index (χ3v) is 3.85. The third kappa shape index (κ3) is 2.92. The number of carbonyl (C=O) groups excluding carboxylic acids is 1. The largest absolute Gasteiger partial charge is 0.462 e. The molecule has 0 radical (unpaired) electrons. The minimum atomic E-state index is -0.270. The van der Waals surface area contributed by atoms with E-state index in [1.54, 1.807) is 6.07 Å². The van der Waals surface area contributed by atoms with Gasteiger partial charge in [0.25, 0.3) is 0 Å². The Morgan fingerprint density at radius 3 is 2.95 bits per heavy atom. The first-order chi connectivity index (χ1) is 10.3. The summed E-state index contributed by atoms with van der Waals surface area (Å²) in [4.78, 5) is 11.8. The van der Waals surface area contributed by atoms with Gasteiger partial charge in [-0.2, -0.15) is 0 Å². The van der Waals surface area contributed by atoms with Crippen LogP contribution in [-0.2, 0) is 11.2 Å². The van der Waals surface area contributed by atoms with Crippen molar-refractivity contribution in [2.45, 2.75) is 25.8 Å². The highest BCUT2D eigenvalue weighted by molar-refractivity contribution is 5.90. The summed E-state index contributed by atoms with van der Waals surface area (Å²) < 4.78 is 5.04. The van der Waals surface area contributed by atoms with E-state index in [1.807, 2.05) is 25.1 Å². The number of ether oxygens (including phenoxy) is 1. The summed E-state index contributed by atoms with van der Waals surface area (Å²) in [6.07, 6.45) is 2.19. The van der Waals surface area contributed by atoms with Crippen LogP contribution in [0.25, 0.3) is 0 Å². The average Bonchev–Trinajstić information content (AvgIpc) is 2.91. The maximum Gasteiger partial charge on any atom is 0.338 e. The molecule has 1 aliphatic carbocycles. The zero-order valence-corrected chi connectivity index (χ0v) is 12.1. The van der Waals surface area contributed by atoms with Crippen molar-refractivity contribution >= 4 is 11.7 Å². The molecule has 0 aromatic heterocycles. The maximum atomic E-state index is 11.8. The maximum absolute atomic E-state index is 11.8. The predicted octanol–water partition coefficient (Wildman–Crippen LogP) is 3.96. The van der Waals surface area contributed by atoms with Crippen molar-refractivity contribution in [3.05, 3.63) is 65.2 Å². The summed E-state index contributed by atoms with van der Waals surface area (Å²) in [6, 6.07) is 16.4. The molecule has 2 aromatic carbocycles. The van der Waals surface area contributed by atoms with Crippen molar-refractivity contribution < 1.29 is 9.53 Å². The Morgan fingerprint density at radius 1 is 1.24 bits per heavy atom. The molecule has 0 bridgehead atoms. The van der Waals surface area contributed by atoms with E-state index >= 15 is 0 Å². The summed E-state index contributed by atoms with van der Waals surface area (Å²) in [5.74, 6) is -0.270. The second-order valence-corrected chi connectivity index (χ2v) is 5.24. The van der Waals surface area contributed by atoms with Gasteiger partial charge in [0.2, 0.25) is 0 Å². The van der Waals surface area contributed by atoms with Gasteiger partial charge in [-0.1, -0.05) is 30.3 Å². The number of rotatable bonds is 4.